The second-order valence-electron chi connectivity index (χ2n) is 4.93. The largest absolute Gasteiger partial charge is 0.371 e. The predicted molar refractivity (Wildman–Crippen MR) is 71.2 cm³/mol. The maximum atomic E-state index is 12.7. The van der Waals surface area contributed by atoms with Crippen LogP contribution in [-0.2, 0) is 18.4 Å². The van der Waals surface area contributed by atoms with Crippen LogP contribution < -0.4 is 0 Å². The third-order valence-corrected chi connectivity index (χ3v) is 3.89. The van der Waals surface area contributed by atoms with Crippen LogP contribution >= 0.6 is 15.9 Å². The summed E-state index contributed by atoms with van der Waals surface area (Å²) in [6.45, 7) is 0.272. The van der Waals surface area contributed by atoms with Gasteiger partial charge in [-0.3, -0.25) is 4.68 Å². The molecule has 0 unspecified atom stereocenters. The summed E-state index contributed by atoms with van der Waals surface area (Å²) in [4.78, 5) is 0. The predicted octanol–water partition coefficient (Wildman–Crippen LogP) is 3.65. The molecule has 2 aromatic rings. The fraction of sp³-hybridized carbons (Fsp3) is 0.462. The third-order valence-electron chi connectivity index (χ3n) is 3.40. The highest BCUT2D eigenvalue weighted by atomic mass is 79.9. The first kappa shape index (κ1) is 13.0. The Bertz CT molecular complexity index is 618. The van der Waals surface area contributed by atoms with Crippen LogP contribution in [0.4, 0.5) is 8.78 Å². The Morgan fingerprint density at radius 3 is 2.89 bits per heavy atom. The second kappa shape index (κ2) is 4.52. The number of hydrogen-bond acceptors (Lipinski definition) is 2. The summed E-state index contributed by atoms with van der Waals surface area (Å²) in [7, 11) is 1.86. The zero-order chi connectivity index (χ0) is 13.6. The van der Waals surface area contributed by atoms with Gasteiger partial charge in [0.05, 0.1) is 23.9 Å². The Kier molecular flexibility index (Phi) is 3.09. The molecule has 1 heterocycles. The minimum atomic E-state index is -2.54. The zero-order valence-electron chi connectivity index (χ0n) is 10.4. The highest BCUT2D eigenvalue weighted by Gasteiger charge is 2.46. The average molecular weight is 331 g/mol. The Morgan fingerprint density at radius 2 is 2.21 bits per heavy atom. The van der Waals surface area contributed by atoms with E-state index in [-0.39, 0.29) is 25.6 Å². The fourth-order valence-corrected chi connectivity index (χ4v) is 2.70. The molecule has 0 spiro atoms. The topological polar surface area (TPSA) is 27.1 Å². The van der Waals surface area contributed by atoms with E-state index in [1.807, 2.05) is 25.2 Å². The van der Waals surface area contributed by atoms with Gasteiger partial charge < -0.3 is 4.74 Å². The van der Waals surface area contributed by atoms with Crippen molar-refractivity contribution >= 4 is 26.8 Å². The molecule has 19 heavy (non-hydrogen) atoms. The first-order chi connectivity index (χ1) is 8.94. The molecule has 6 heteroatoms. The van der Waals surface area contributed by atoms with E-state index < -0.39 is 5.92 Å². The third kappa shape index (κ3) is 2.51. The summed E-state index contributed by atoms with van der Waals surface area (Å²) in [5.41, 5.74) is 1.79. The summed E-state index contributed by atoms with van der Waals surface area (Å²) in [5.74, 6) is -2.54. The van der Waals surface area contributed by atoms with E-state index in [9.17, 15) is 8.78 Å². The molecule has 0 atom stereocenters. The Hall–Kier alpha value is -1.01. The molecule has 0 bridgehead atoms. The number of alkyl halides is 2. The maximum Gasteiger partial charge on any atom is 0.253 e. The molecule has 1 aliphatic rings. The number of aryl methyl sites for hydroxylation is 1. The Balaban J connectivity index is 1.76. The molecule has 1 saturated carbocycles. The average Bonchev–Trinajstić information content (AvgIpc) is 2.60. The quantitative estimate of drug-likeness (QED) is 0.858. The van der Waals surface area contributed by atoms with E-state index in [4.69, 9.17) is 4.74 Å². The zero-order valence-corrected chi connectivity index (χ0v) is 12.0. The van der Waals surface area contributed by atoms with Crippen molar-refractivity contribution in [1.29, 1.82) is 0 Å². The molecule has 1 aromatic carbocycles. The summed E-state index contributed by atoms with van der Waals surface area (Å²) in [6.07, 6.45) is -0.706. The highest BCUT2D eigenvalue weighted by molar-refractivity contribution is 9.10. The lowest BCUT2D eigenvalue weighted by Crippen LogP contribution is -2.41. The van der Waals surface area contributed by atoms with Gasteiger partial charge in [0.15, 0.2) is 0 Å². The summed E-state index contributed by atoms with van der Waals surface area (Å²) < 4.78 is 33.7. The standard InChI is InChI=1S/C13H13BrF2N2O/c1-18-12-3-2-8(14)4-10(12)11(17-18)7-19-9-5-13(15,16)6-9/h2-4,9H,5-7H2,1H3. The molecule has 3 nitrogen and oxygen atoms in total. The monoisotopic (exact) mass is 330 g/mol. The number of nitrogens with zero attached hydrogens (tertiary/aromatic N) is 2. The van der Waals surface area contributed by atoms with Crippen LogP contribution in [0.2, 0.25) is 0 Å². The van der Waals surface area contributed by atoms with Crippen molar-refractivity contribution in [2.45, 2.75) is 31.5 Å². The molecule has 0 aliphatic heterocycles. The van der Waals surface area contributed by atoms with Gasteiger partial charge in [-0.2, -0.15) is 5.10 Å². The van der Waals surface area contributed by atoms with Crippen LogP contribution in [0.3, 0.4) is 0 Å². The molecule has 102 valence electrons. The van der Waals surface area contributed by atoms with Crippen molar-refractivity contribution in [2.75, 3.05) is 0 Å². The van der Waals surface area contributed by atoms with Crippen LogP contribution in [0.25, 0.3) is 10.9 Å². The first-order valence-corrected chi connectivity index (χ1v) is 6.84. The maximum absolute atomic E-state index is 12.7. The minimum absolute atomic E-state index is 0.179. The Morgan fingerprint density at radius 1 is 1.47 bits per heavy atom. The molecule has 3 rings (SSSR count). The van der Waals surface area contributed by atoms with Crippen LogP contribution in [0.5, 0.6) is 0 Å². The van der Waals surface area contributed by atoms with Crippen molar-refractivity contribution in [2.24, 2.45) is 7.05 Å². The lowest BCUT2D eigenvalue weighted by Gasteiger charge is -2.34. The van der Waals surface area contributed by atoms with Crippen LogP contribution in [0.15, 0.2) is 22.7 Å². The molecule has 0 radical (unpaired) electrons. The van der Waals surface area contributed by atoms with Crippen molar-refractivity contribution in [3.05, 3.63) is 28.4 Å². The van der Waals surface area contributed by atoms with Gasteiger partial charge in [0.25, 0.3) is 5.92 Å². The van der Waals surface area contributed by atoms with Gasteiger partial charge in [0.2, 0.25) is 0 Å². The Labute approximate surface area is 117 Å². The highest BCUT2D eigenvalue weighted by Crippen LogP contribution is 2.39. The van der Waals surface area contributed by atoms with Crippen molar-refractivity contribution in [1.82, 2.24) is 9.78 Å². The summed E-state index contributed by atoms with van der Waals surface area (Å²) in [6, 6.07) is 5.88. The number of hydrogen-bond donors (Lipinski definition) is 0. The van der Waals surface area contributed by atoms with E-state index in [0.717, 1.165) is 21.1 Å². The number of halogens is 3. The molecule has 0 amide bonds. The van der Waals surface area contributed by atoms with E-state index in [1.165, 1.54) is 0 Å². The first-order valence-electron chi connectivity index (χ1n) is 6.05. The molecule has 1 fully saturated rings. The minimum Gasteiger partial charge on any atom is -0.371 e. The molecule has 1 aliphatic carbocycles. The number of aromatic nitrogens is 2. The van der Waals surface area contributed by atoms with Gasteiger partial charge in [-0.05, 0) is 18.2 Å². The van der Waals surface area contributed by atoms with Crippen LogP contribution in [0.1, 0.15) is 18.5 Å². The summed E-state index contributed by atoms with van der Waals surface area (Å²) in [5, 5.41) is 5.37. The SMILES string of the molecule is Cn1nc(COC2CC(F)(F)C2)c2cc(Br)ccc21. The number of fused-ring (bicyclic) bond motifs is 1. The van der Waals surface area contributed by atoms with E-state index in [2.05, 4.69) is 21.0 Å². The molecule has 0 saturated heterocycles. The number of ether oxygens (including phenoxy) is 1. The van der Waals surface area contributed by atoms with Gasteiger partial charge in [0.1, 0.15) is 0 Å². The van der Waals surface area contributed by atoms with E-state index in [1.54, 1.807) is 4.68 Å². The van der Waals surface area contributed by atoms with Gasteiger partial charge in [-0.15, -0.1) is 0 Å². The van der Waals surface area contributed by atoms with Crippen molar-refractivity contribution in [3.8, 4) is 0 Å². The van der Waals surface area contributed by atoms with Crippen LogP contribution in [-0.4, -0.2) is 21.8 Å². The van der Waals surface area contributed by atoms with Crippen LogP contribution in [0, 0.1) is 0 Å². The number of benzene rings is 1. The van der Waals surface area contributed by atoms with Gasteiger partial charge in [0, 0.05) is 29.7 Å². The van der Waals surface area contributed by atoms with Gasteiger partial charge >= 0.3 is 0 Å². The smallest absolute Gasteiger partial charge is 0.253 e. The second-order valence-corrected chi connectivity index (χ2v) is 5.84. The van der Waals surface area contributed by atoms with Gasteiger partial charge in [-0.1, -0.05) is 15.9 Å². The lowest BCUT2D eigenvalue weighted by atomic mass is 9.91. The molecule has 1 aromatic heterocycles. The molecule has 0 N–H and O–H groups in total. The number of rotatable bonds is 3. The van der Waals surface area contributed by atoms with Gasteiger partial charge in [-0.25, -0.2) is 8.78 Å². The summed E-state index contributed by atoms with van der Waals surface area (Å²) >= 11 is 3.42. The van der Waals surface area contributed by atoms with E-state index >= 15 is 0 Å². The normalized spacial score (nSPS) is 18.7. The van der Waals surface area contributed by atoms with Crippen molar-refractivity contribution in [3.63, 3.8) is 0 Å². The molecular weight excluding hydrogens is 318 g/mol. The molecular formula is C13H13BrF2N2O. The van der Waals surface area contributed by atoms with E-state index in [0.29, 0.717) is 0 Å². The van der Waals surface area contributed by atoms with Crippen molar-refractivity contribution < 1.29 is 13.5 Å². The lowest BCUT2D eigenvalue weighted by molar-refractivity contribution is -0.169. The fourth-order valence-electron chi connectivity index (χ4n) is 2.34.